The zero-order valence-electron chi connectivity index (χ0n) is 18.9. The number of carbonyl (C=O) groups excluding carboxylic acids is 2. The van der Waals surface area contributed by atoms with Crippen molar-refractivity contribution in [3.05, 3.63) is 99.5 Å². The number of rotatable bonds is 5. The number of nitrogens with zero attached hydrogens (tertiary/aromatic N) is 1. The van der Waals surface area contributed by atoms with Gasteiger partial charge >= 0.3 is 0 Å². The average Bonchev–Trinajstić information content (AvgIpc) is 3.02. The van der Waals surface area contributed by atoms with Gasteiger partial charge < -0.3 is 5.32 Å². The molecule has 3 aromatic rings. The minimum Gasteiger partial charge on any atom is -0.350 e. The van der Waals surface area contributed by atoms with Crippen molar-refractivity contribution in [3.63, 3.8) is 0 Å². The van der Waals surface area contributed by atoms with Gasteiger partial charge in [-0.15, -0.1) is 0 Å². The molecule has 0 saturated heterocycles. The largest absolute Gasteiger partial charge is 0.350 e. The van der Waals surface area contributed by atoms with E-state index in [1.165, 1.54) is 17.7 Å². The summed E-state index contributed by atoms with van der Waals surface area (Å²) in [7, 11) is 0. The summed E-state index contributed by atoms with van der Waals surface area (Å²) in [5.74, 6) is -1.26. The van der Waals surface area contributed by atoms with Crippen LogP contribution in [0.25, 0.3) is 5.57 Å². The van der Waals surface area contributed by atoms with Gasteiger partial charge in [0.2, 0.25) is 0 Å². The van der Waals surface area contributed by atoms with E-state index in [1.54, 1.807) is 0 Å². The molecule has 0 saturated carbocycles. The number of amides is 2. The SMILES string of the molecule is Cc1ccc(C2=C(Nc3ccc(C(C)C)cc3)C(=O)N(c3ccc(F)c(Cl)c3)C2=O)cc1C. The smallest absolute Gasteiger partial charge is 0.282 e. The van der Waals surface area contributed by atoms with Crippen molar-refractivity contribution in [1.82, 2.24) is 0 Å². The second-order valence-corrected chi connectivity index (χ2v) is 8.90. The Bertz CT molecular complexity index is 1300. The van der Waals surface area contributed by atoms with Crippen LogP contribution in [0.3, 0.4) is 0 Å². The van der Waals surface area contributed by atoms with Crippen LogP contribution in [0.15, 0.2) is 66.4 Å². The number of hydrogen-bond acceptors (Lipinski definition) is 3. The van der Waals surface area contributed by atoms with Crippen molar-refractivity contribution in [1.29, 1.82) is 0 Å². The standard InChI is InChI=1S/C27H24ClFN2O2/c1-15(2)18-7-9-20(10-8-18)30-25-24(19-6-5-16(3)17(4)13-19)26(32)31(27(25)33)21-11-12-23(29)22(28)14-21/h5-15,30H,1-4H3. The summed E-state index contributed by atoms with van der Waals surface area (Å²) < 4.78 is 13.7. The molecule has 4 nitrogen and oxygen atoms in total. The van der Waals surface area contributed by atoms with Crippen LogP contribution in [-0.4, -0.2) is 11.8 Å². The Hall–Kier alpha value is -3.44. The fourth-order valence-electron chi connectivity index (χ4n) is 3.76. The molecule has 1 aliphatic rings. The molecule has 3 aromatic carbocycles. The van der Waals surface area contributed by atoms with Gasteiger partial charge in [0.15, 0.2) is 0 Å². The summed E-state index contributed by atoms with van der Waals surface area (Å²) in [5, 5.41) is 3.00. The second kappa shape index (κ2) is 8.83. The summed E-state index contributed by atoms with van der Waals surface area (Å²) in [6, 6.07) is 17.2. The van der Waals surface area contributed by atoms with E-state index in [2.05, 4.69) is 19.2 Å². The first-order valence-corrected chi connectivity index (χ1v) is 11.1. The zero-order valence-corrected chi connectivity index (χ0v) is 19.6. The number of carbonyl (C=O) groups is 2. The van der Waals surface area contributed by atoms with Gasteiger partial charge in [-0.1, -0.05) is 55.8 Å². The molecule has 1 N–H and O–H groups in total. The van der Waals surface area contributed by atoms with E-state index in [1.807, 2.05) is 56.3 Å². The van der Waals surface area contributed by atoms with Crippen LogP contribution < -0.4 is 10.2 Å². The van der Waals surface area contributed by atoms with Gasteiger partial charge in [-0.25, -0.2) is 9.29 Å². The van der Waals surface area contributed by atoms with Crippen molar-refractivity contribution in [2.24, 2.45) is 0 Å². The number of aryl methyl sites for hydroxylation is 2. The molecule has 0 spiro atoms. The van der Waals surface area contributed by atoms with Crippen molar-refractivity contribution < 1.29 is 14.0 Å². The van der Waals surface area contributed by atoms with Gasteiger partial charge in [0.1, 0.15) is 11.5 Å². The quantitative estimate of drug-likeness (QED) is 0.434. The van der Waals surface area contributed by atoms with Gasteiger partial charge in [-0.2, -0.15) is 0 Å². The molecular weight excluding hydrogens is 439 g/mol. The zero-order chi connectivity index (χ0) is 23.9. The minimum atomic E-state index is -0.620. The summed E-state index contributed by atoms with van der Waals surface area (Å²) in [5.41, 5.74) is 5.22. The Morgan fingerprint density at radius 1 is 0.879 bits per heavy atom. The Kier molecular flexibility index (Phi) is 6.09. The predicted octanol–water partition coefficient (Wildman–Crippen LogP) is 6.62. The number of nitrogens with one attached hydrogen (secondary N) is 1. The molecule has 0 aliphatic carbocycles. The van der Waals surface area contributed by atoms with Gasteiger partial charge in [-0.05, 0) is 72.4 Å². The maximum Gasteiger partial charge on any atom is 0.282 e. The van der Waals surface area contributed by atoms with E-state index in [0.29, 0.717) is 17.2 Å². The lowest BCUT2D eigenvalue weighted by Crippen LogP contribution is -2.32. The van der Waals surface area contributed by atoms with Crippen LogP contribution in [-0.2, 0) is 9.59 Å². The van der Waals surface area contributed by atoms with E-state index in [4.69, 9.17) is 11.6 Å². The van der Waals surface area contributed by atoms with E-state index in [-0.39, 0.29) is 22.0 Å². The molecule has 0 bridgehead atoms. The number of imide groups is 1. The highest BCUT2D eigenvalue weighted by Gasteiger charge is 2.40. The van der Waals surface area contributed by atoms with E-state index >= 15 is 0 Å². The Morgan fingerprint density at radius 3 is 2.18 bits per heavy atom. The van der Waals surface area contributed by atoms with E-state index in [9.17, 15) is 14.0 Å². The molecule has 1 aliphatic heterocycles. The Morgan fingerprint density at radius 2 is 1.58 bits per heavy atom. The molecular formula is C27H24ClFN2O2. The highest BCUT2D eigenvalue weighted by atomic mass is 35.5. The predicted molar refractivity (Wildman–Crippen MR) is 131 cm³/mol. The number of anilines is 2. The van der Waals surface area contributed by atoms with Crippen molar-refractivity contribution in [2.75, 3.05) is 10.2 Å². The highest BCUT2D eigenvalue weighted by Crippen LogP contribution is 2.35. The summed E-state index contributed by atoms with van der Waals surface area (Å²) in [6.45, 7) is 8.15. The molecule has 0 unspecified atom stereocenters. The lowest BCUT2D eigenvalue weighted by molar-refractivity contribution is -0.120. The van der Waals surface area contributed by atoms with E-state index < -0.39 is 17.6 Å². The first-order chi connectivity index (χ1) is 15.7. The van der Waals surface area contributed by atoms with Crippen LogP contribution in [0.4, 0.5) is 15.8 Å². The topological polar surface area (TPSA) is 49.4 Å². The lowest BCUT2D eigenvalue weighted by Gasteiger charge is -2.16. The van der Waals surface area contributed by atoms with Crippen LogP contribution in [0.5, 0.6) is 0 Å². The molecule has 0 radical (unpaired) electrons. The molecule has 0 atom stereocenters. The van der Waals surface area contributed by atoms with Crippen LogP contribution in [0.2, 0.25) is 5.02 Å². The van der Waals surface area contributed by atoms with Gasteiger partial charge in [0, 0.05) is 5.69 Å². The molecule has 33 heavy (non-hydrogen) atoms. The lowest BCUT2D eigenvalue weighted by atomic mass is 9.99. The summed E-state index contributed by atoms with van der Waals surface area (Å²) in [4.78, 5) is 28.0. The minimum absolute atomic E-state index is 0.161. The first-order valence-electron chi connectivity index (χ1n) is 10.7. The Balaban J connectivity index is 1.81. The third-order valence-corrected chi connectivity index (χ3v) is 6.18. The average molecular weight is 463 g/mol. The van der Waals surface area contributed by atoms with Crippen molar-refractivity contribution in [3.8, 4) is 0 Å². The molecule has 2 amide bonds. The molecule has 6 heteroatoms. The first kappa shape index (κ1) is 22.7. The molecule has 1 heterocycles. The third kappa shape index (κ3) is 4.29. The fraction of sp³-hybridized carbons (Fsp3) is 0.185. The normalized spacial score (nSPS) is 14.0. The molecule has 0 fully saturated rings. The van der Waals surface area contributed by atoms with E-state index in [0.717, 1.165) is 22.1 Å². The third-order valence-electron chi connectivity index (χ3n) is 5.89. The van der Waals surface area contributed by atoms with Crippen LogP contribution in [0, 0.1) is 19.7 Å². The van der Waals surface area contributed by atoms with Gasteiger partial charge in [-0.3, -0.25) is 9.59 Å². The second-order valence-electron chi connectivity index (χ2n) is 8.49. The summed E-state index contributed by atoms with van der Waals surface area (Å²) >= 11 is 5.93. The fourth-order valence-corrected chi connectivity index (χ4v) is 3.94. The van der Waals surface area contributed by atoms with Crippen molar-refractivity contribution >= 4 is 40.4 Å². The van der Waals surface area contributed by atoms with Crippen LogP contribution in [0.1, 0.15) is 42.0 Å². The molecule has 168 valence electrons. The number of hydrogen-bond donors (Lipinski definition) is 1. The number of halogens is 2. The monoisotopic (exact) mass is 462 g/mol. The Labute approximate surface area is 197 Å². The van der Waals surface area contributed by atoms with Crippen LogP contribution >= 0.6 is 11.6 Å². The summed E-state index contributed by atoms with van der Waals surface area (Å²) in [6.07, 6.45) is 0. The highest BCUT2D eigenvalue weighted by molar-refractivity contribution is 6.46. The van der Waals surface area contributed by atoms with Gasteiger partial charge in [0.05, 0.1) is 16.3 Å². The maximum absolute atomic E-state index is 13.7. The maximum atomic E-state index is 13.7. The number of benzene rings is 3. The molecule has 0 aromatic heterocycles. The van der Waals surface area contributed by atoms with Crippen molar-refractivity contribution in [2.45, 2.75) is 33.6 Å². The molecule has 4 rings (SSSR count). The van der Waals surface area contributed by atoms with Gasteiger partial charge in [0.25, 0.3) is 11.8 Å².